The lowest BCUT2D eigenvalue weighted by molar-refractivity contribution is 0.0953. The number of carbonyl (C=O) groups excluding carboxylic acids is 1. The van der Waals surface area contributed by atoms with Crippen molar-refractivity contribution in [2.45, 2.75) is 34.2 Å². The molecular formula is C17H22N6O. The van der Waals surface area contributed by atoms with E-state index in [2.05, 4.69) is 20.4 Å². The minimum Gasteiger partial charge on any atom is -0.350 e. The van der Waals surface area contributed by atoms with Gasteiger partial charge in [-0.05, 0) is 33.8 Å². The van der Waals surface area contributed by atoms with Crippen molar-refractivity contribution in [3.05, 3.63) is 40.7 Å². The lowest BCUT2D eigenvalue weighted by atomic mass is 10.1. The van der Waals surface area contributed by atoms with Crippen LogP contribution in [0, 0.1) is 27.7 Å². The standard InChI is InChI=1S/C17H22N6O/c1-10-8-14(15-12(3)21-22(5)16(15)20-10)17(24)18-6-7-23-9-19-11(2)13(23)4/h8-9H,6-7H2,1-5H3,(H,18,24). The summed E-state index contributed by atoms with van der Waals surface area (Å²) < 4.78 is 3.75. The third kappa shape index (κ3) is 2.77. The van der Waals surface area contributed by atoms with Gasteiger partial charge in [0.2, 0.25) is 0 Å². The number of rotatable bonds is 4. The van der Waals surface area contributed by atoms with Crippen LogP contribution in [-0.2, 0) is 13.6 Å². The van der Waals surface area contributed by atoms with E-state index in [1.807, 2.05) is 45.4 Å². The van der Waals surface area contributed by atoms with Gasteiger partial charge in [-0.1, -0.05) is 0 Å². The van der Waals surface area contributed by atoms with Crippen LogP contribution in [0.4, 0.5) is 0 Å². The maximum Gasteiger partial charge on any atom is 0.252 e. The van der Waals surface area contributed by atoms with Gasteiger partial charge in [0.25, 0.3) is 5.91 Å². The highest BCUT2D eigenvalue weighted by atomic mass is 16.1. The fraction of sp³-hybridized carbons (Fsp3) is 0.412. The molecule has 3 rings (SSSR count). The second kappa shape index (κ2) is 6.07. The number of pyridine rings is 1. The first-order chi connectivity index (χ1) is 11.4. The lowest BCUT2D eigenvalue weighted by Gasteiger charge is -2.09. The summed E-state index contributed by atoms with van der Waals surface area (Å²) >= 11 is 0. The number of amides is 1. The van der Waals surface area contributed by atoms with Crippen molar-refractivity contribution in [1.82, 2.24) is 29.6 Å². The molecule has 0 radical (unpaired) electrons. The Labute approximate surface area is 140 Å². The lowest BCUT2D eigenvalue weighted by Crippen LogP contribution is -2.27. The average Bonchev–Trinajstić information content (AvgIpc) is 3.00. The molecule has 0 unspecified atom stereocenters. The summed E-state index contributed by atoms with van der Waals surface area (Å²) in [5, 5.41) is 8.18. The summed E-state index contributed by atoms with van der Waals surface area (Å²) in [6.07, 6.45) is 1.80. The molecular weight excluding hydrogens is 304 g/mol. The van der Waals surface area contributed by atoms with Crippen LogP contribution in [0.3, 0.4) is 0 Å². The van der Waals surface area contributed by atoms with Crippen LogP contribution in [0.1, 0.15) is 33.1 Å². The molecule has 0 bridgehead atoms. The van der Waals surface area contributed by atoms with E-state index in [0.29, 0.717) is 18.7 Å². The van der Waals surface area contributed by atoms with E-state index < -0.39 is 0 Å². The maximum absolute atomic E-state index is 12.7. The van der Waals surface area contributed by atoms with Gasteiger partial charge < -0.3 is 9.88 Å². The van der Waals surface area contributed by atoms with Gasteiger partial charge in [0.15, 0.2) is 5.65 Å². The Hall–Kier alpha value is -2.70. The predicted octanol–water partition coefficient (Wildman–Crippen LogP) is 1.83. The van der Waals surface area contributed by atoms with Crippen LogP contribution >= 0.6 is 0 Å². The number of nitrogens with one attached hydrogen (secondary N) is 1. The Balaban J connectivity index is 1.80. The number of hydrogen-bond donors (Lipinski definition) is 1. The van der Waals surface area contributed by atoms with Gasteiger partial charge in [-0.15, -0.1) is 0 Å². The molecule has 0 aromatic carbocycles. The molecule has 7 nitrogen and oxygen atoms in total. The van der Waals surface area contributed by atoms with Crippen molar-refractivity contribution in [3.8, 4) is 0 Å². The summed E-state index contributed by atoms with van der Waals surface area (Å²) in [5.74, 6) is -0.101. The smallest absolute Gasteiger partial charge is 0.252 e. The second-order valence-electron chi connectivity index (χ2n) is 6.08. The van der Waals surface area contributed by atoms with Gasteiger partial charge in [-0.2, -0.15) is 5.10 Å². The number of imidazole rings is 1. The van der Waals surface area contributed by atoms with Crippen LogP contribution in [0.5, 0.6) is 0 Å². The molecule has 0 saturated heterocycles. The highest BCUT2D eigenvalue weighted by Gasteiger charge is 2.17. The Morgan fingerprint density at radius 1 is 1.21 bits per heavy atom. The maximum atomic E-state index is 12.7. The molecule has 3 aromatic rings. The molecule has 1 amide bonds. The van der Waals surface area contributed by atoms with E-state index in [9.17, 15) is 4.79 Å². The topological polar surface area (TPSA) is 77.6 Å². The van der Waals surface area contributed by atoms with E-state index in [1.54, 1.807) is 11.0 Å². The van der Waals surface area contributed by atoms with E-state index in [0.717, 1.165) is 33.8 Å². The molecule has 3 heterocycles. The third-order valence-corrected chi connectivity index (χ3v) is 4.32. The van der Waals surface area contributed by atoms with E-state index >= 15 is 0 Å². The minimum atomic E-state index is -0.101. The largest absolute Gasteiger partial charge is 0.350 e. The Bertz CT molecular complexity index is 921. The molecule has 0 spiro atoms. The minimum absolute atomic E-state index is 0.101. The van der Waals surface area contributed by atoms with E-state index in [4.69, 9.17) is 0 Å². The number of carbonyl (C=O) groups is 1. The first-order valence-corrected chi connectivity index (χ1v) is 7.96. The van der Waals surface area contributed by atoms with Gasteiger partial charge in [0.1, 0.15) is 0 Å². The third-order valence-electron chi connectivity index (χ3n) is 4.32. The van der Waals surface area contributed by atoms with Crippen LogP contribution in [0.2, 0.25) is 0 Å². The quantitative estimate of drug-likeness (QED) is 0.793. The number of fused-ring (bicyclic) bond motifs is 1. The molecule has 3 aromatic heterocycles. The van der Waals surface area contributed by atoms with Crippen LogP contribution in [0.25, 0.3) is 11.0 Å². The first-order valence-electron chi connectivity index (χ1n) is 7.96. The Kier molecular flexibility index (Phi) is 4.09. The summed E-state index contributed by atoms with van der Waals surface area (Å²) in [4.78, 5) is 21.4. The fourth-order valence-electron chi connectivity index (χ4n) is 2.90. The molecule has 1 N–H and O–H groups in total. The molecule has 0 aliphatic rings. The zero-order chi connectivity index (χ0) is 17.4. The fourth-order valence-corrected chi connectivity index (χ4v) is 2.90. The van der Waals surface area contributed by atoms with Gasteiger partial charge >= 0.3 is 0 Å². The molecule has 126 valence electrons. The van der Waals surface area contributed by atoms with Crippen molar-refractivity contribution in [3.63, 3.8) is 0 Å². The Morgan fingerprint density at radius 2 is 1.96 bits per heavy atom. The summed E-state index contributed by atoms with van der Waals surface area (Å²) in [6, 6.07) is 1.82. The molecule has 0 aliphatic carbocycles. The SMILES string of the molecule is Cc1cc(C(=O)NCCn2cnc(C)c2C)c2c(C)nn(C)c2n1. The monoisotopic (exact) mass is 326 g/mol. The molecule has 0 aliphatic heterocycles. The molecule has 0 atom stereocenters. The highest BCUT2D eigenvalue weighted by molar-refractivity contribution is 6.06. The second-order valence-corrected chi connectivity index (χ2v) is 6.08. The van der Waals surface area contributed by atoms with Crippen molar-refractivity contribution < 1.29 is 4.79 Å². The van der Waals surface area contributed by atoms with Gasteiger partial charge in [0.05, 0.1) is 28.7 Å². The molecule has 7 heteroatoms. The van der Waals surface area contributed by atoms with Crippen LogP contribution < -0.4 is 5.32 Å². The number of nitrogens with zero attached hydrogens (tertiary/aromatic N) is 5. The summed E-state index contributed by atoms with van der Waals surface area (Å²) in [6.45, 7) is 9.02. The predicted molar refractivity (Wildman–Crippen MR) is 92.0 cm³/mol. The summed E-state index contributed by atoms with van der Waals surface area (Å²) in [5.41, 5.74) is 5.11. The van der Waals surface area contributed by atoms with E-state index in [1.165, 1.54) is 0 Å². The first kappa shape index (κ1) is 16.2. The van der Waals surface area contributed by atoms with Gasteiger partial charge in [-0.3, -0.25) is 9.48 Å². The Morgan fingerprint density at radius 3 is 2.62 bits per heavy atom. The summed E-state index contributed by atoms with van der Waals surface area (Å²) in [7, 11) is 1.84. The highest BCUT2D eigenvalue weighted by Crippen LogP contribution is 2.21. The molecule has 0 fully saturated rings. The number of aromatic nitrogens is 5. The van der Waals surface area contributed by atoms with Crippen molar-refractivity contribution in [2.75, 3.05) is 6.54 Å². The van der Waals surface area contributed by atoms with E-state index in [-0.39, 0.29) is 5.91 Å². The van der Waals surface area contributed by atoms with Gasteiger partial charge in [0, 0.05) is 31.5 Å². The number of aryl methyl sites for hydroxylation is 4. The van der Waals surface area contributed by atoms with Crippen molar-refractivity contribution in [1.29, 1.82) is 0 Å². The molecule has 0 saturated carbocycles. The van der Waals surface area contributed by atoms with Crippen molar-refractivity contribution >= 4 is 16.9 Å². The average molecular weight is 326 g/mol. The number of hydrogen-bond acceptors (Lipinski definition) is 4. The zero-order valence-electron chi connectivity index (χ0n) is 14.7. The van der Waals surface area contributed by atoms with Crippen LogP contribution in [-0.4, -0.2) is 36.8 Å². The molecule has 24 heavy (non-hydrogen) atoms. The van der Waals surface area contributed by atoms with Crippen LogP contribution in [0.15, 0.2) is 12.4 Å². The van der Waals surface area contributed by atoms with Crippen molar-refractivity contribution in [2.24, 2.45) is 7.05 Å². The van der Waals surface area contributed by atoms with Gasteiger partial charge in [-0.25, -0.2) is 9.97 Å². The normalized spacial score (nSPS) is 11.2. The zero-order valence-corrected chi connectivity index (χ0v) is 14.7.